The van der Waals surface area contributed by atoms with Gasteiger partial charge >= 0.3 is 0 Å². The van der Waals surface area contributed by atoms with Crippen molar-refractivity contribution in [2.24, 2.45) is 5.92 Å². The van der Waals surface area contributed by atoms with Crippen LogP contribution in [0.1, 0.15) is 19.4 Å². The Bertz CT molecular complexity index is 302. The van der Waals surface area contributed by atoms with Crippen LogP contribution in [0.15, 0.2) is 16.7 Å². The van der Waals surface area contributed by atoms with Crippen LogP contribution in [0, 0.1) is 5.92 Å². The van der Waals surface area contributed by atoms with Crippen LogP contribution in [0.4, 0.5) is 0 Å². The Kier molecular flexibility index (Phi) is 4.89. The lowest BCUT2D eigenvalue weighted by Crippen LogP contribution is -2.06. The predicted molar refractivity (Wildman–Crippen MR) is 64.9 cm³/mol. The van der Waals surface area contributed by atoms with E-state index in [2.05, 4.69) is 50.7 Å². The monoisotopic (exact) mass is 321 g/mol. The molecule has 0 radical (unpaired) electrons. The summed E-state index contributed by atoms with van der Waals surface area (Å²) in [6, 6.07) is 2.01. The Morgan fingerprint density at radius 1 is 1.50 bits per heavy atom. The van der Waals surface area contributed by atoms with Crippen molar-refractivity contribution in [1.29, 1.82) is 0 Å². The summed E-state index contributed by atoms with van der Waals surface area (Å²) in [5.41, 5.74) is 1.13. The van der Waals surface area contributed by atoms with Gasteiger partial charge in [0.05, 0.1) is 11.1 Å². The van der Waals surface area contributed by atoms with Gasteiger partial charge in [-0.05, 0) is 33.5 Å². The topological polar surface area (TPSA) is 22.1 Å². The number of pyridine rings is 1. The van der Waals surface area contributed by atoms with E-state index in [1.54, 1.807) is 0 Å². The fourth-order valence-electron chi connectivity index (χ4n) is 0.890. The van der Waals surface area contributed by atoms with Crippen LogP contribution in [-0.4, -0.2) is 11.6 Å². The van der Waals surface area contributed by atoms with Crippen LogP contribution in [-0.2, 0) is 5.33 Å². The maximum Gasteiger partial charge on any atom is 0.227 e. The van der Waals surface area contributed by atoms with Crippen molar-refractivity contribution in [3.8, 4) is 5.88 Å². The number of hydrogen-bond acceptors (Lipinski definition) is 2. The van der Waals surface area contributed by atoms with Gasteiger partial charge in [-0.2, -0.15) is 0 Å². The van der Waals surface area contributed by atoms with E-state index in [1.165, 1.54) is 0 Å². The summed E-state index contributed by atoms with van der Waals surface area (Å²) in [5, 5.41) is 0.809. The lowest BCUT2D eigenvalue weighted by Gasteiger charge is -2.09. The smallest absolute Gasteiger partial charge is 0.227 e. The minimum absolute atomic E-state index is 0.513. The first-order valence-electron chi connectivity index (χ1n) is 4.46. The quantitative estimate of drug-likeness (QED) is 0.787. The van der Waals surface area contributed by atoms with Crippen LogP contribution in [0.2, 0.25) is 0 Å². The molecule has 2 nitrogen and oxygen atoms in total. The lowest BCUT2D eigenvalue weighted by molar-refractivity contribution is 0.259. The minimum Gasteiger partial charge on any atom is -0.477 e. The highest BCUT2D eigenvalue weighted by atomic mass is 79.9. The first kappa shape index (κ1) is 12.0. The fourth-order valence-corrected chi connectivity index (χ4v) is 1.71. The molecule has 0 fully saturated rings. The zero-order valence-electron chi connectivity index (χ0n) is 8.26. The molecule has 14 heavy (non-hydrogen) atoms. The largest absolute Gasteiger partial charge is 0.477 e. The number of halogens is 2. The number of aromatic nitrogens is 1. The normalized spacial score (nSPS) is 10.6. The second-order valence-corrected chi connectivity index (χ2v) is 4.88. The van der Waals surface area contributed by atoms with E-state index in [-0.39, 0.29) is 0 Å². The Hall–Kier alpha value is -0.0900. The fraction of sp³-hybridized carbons (Fsp3) is 0.500. The number of alkyl halides is 1. The predicted octanol–water partition coefficient (Wildman–Crippen LogP) is 3.77. The third-order valence-corrected chi connectivity index (χ3v) is 2.79. The van der Waals surface area contributed by atoms with Gasteiger partial charge in [0.2, 0.25) is 5.88 Å². The molecule has 0 aliphatic rings. The standard InChI is InChI=1S/C10H13Br2NO/c1-7(2)6-14-10-9(12)3-8(4-11)5-13-10/h3,5,7H,4,6H2,1-2H3. The van der Waals surface area contributed by atoms with Gasteiger partial charge < -0.3 is 4.74 Å². The van der Waals surface area contributed by atoms with Gasteiger partial charge in [-0.3, -0.25) is 0 Å². The number of nitrogens with zero attached hydrogens (tertiary/aromatic N) is 1. The highest BCUT2D eigenvalue weighted by Crippen LogP contribution is 2.24. The molecule has 0 aliphatic carbocycles. The van der Waals surface area contributed by atoms with Crippen molar-refractivity contribution in [3.63, 3.8) is 0 Å². The van der Waals surface area contributed by atoms with E-state index >= 15 is 0 Å². The minimum atomic E-state index is 0.513. The Morgan fingerprint density at radius 2 is 2.21 bits per heavy atom. The summed E-state index contributed by atoms with van der Waals surface area (Å²) in [5.74, 6) is 1.18. The molecule has 1 rings (SSSR count). The summed E-state index contributed by atoms with van der Waals surface area (Å²) in [6.45, 7) is 4.92. The van der Waals surface area contributed by atoms with Gasteiger partial charge in [0.15, 0.2) is 0 Å². The molecule has 78 valence electrons. The molecule has 1 heterocycles. The third-order valence-electron chi connectivity index (χ3n) is 1.57. The van der Waals surface area contributed by atoms with E-state index in [0.717, 1.165) is 15.4 Å². The molecule has 1 aromatic rings. The lowest BCUT2D eigenvalue weighted by atomic mass is 10.2. The average molecular weight is 323 g/mol. The van der Waals surface area contributed by atoms with Gasteiger partial charge in [-0.1, -0.05) is 29.8 Å². The van der Waals surface area contributed by atoms with Crippen molar-refractivity contribution >= 4 is 31.9 Å². The van der Waals surface area contributed by atoms with Gasteiger partial charge in [0, 0.05) is 11.5 Å². The summed E-state index contributed by atoms with van der Waals surface area (Å²) in [7, 11) is 0. The summed E-state index contributed by atoms with van der Waals surface area (Å²) in [4.78, 5) is 4.22. The molecule has 0 aliphatic heterocycles. The zero-order valence-corrected chi connectivity index (χ0v) is 11.4. The van der Waals surface area contributed by atoms with E-state index in [0.29, 0.717) is 18.4 Å². The van der Waals surface area contributed by atoms with Gasteiger partial charge in [-0.15, -0.1) is 0 Å². The molecule has 0 saturated carbocycles. The van der Waals surface area contributed by atoms with Gasteiger partial charge in [-0.25, -0.2) is 4.98 Å². The van der Waals surface area contributed by atoms with Crippen LogP contribution in [0.25, 0.3) is 0 Å². The van der Waals surface area contributed by atoms with Crippen LogP contribution in [0.5, 0.6) is 5.88 Å². The Labute approximate surface area is 101 Å². The van der Waals surface area contributed by atoms with E-state index in [1.807, 2.05) is 12.3 Å². The van der Waals surface area contributed by atoms with Crippen molar-refractivity contribution in [2.75, 3.05) is 6.61 Å². The average Bonchev–Trinajstić information content (AvgIpc) is 2.15. The summed E-state index contributed by atoms with van der Waals surface area (Å²) >= 11 is 6.81. The van der Waals surface area contributed by atoms with E-state index in [9.17, 15) is 0 Å². The Balaban J connectivity index is 2.69. The molecular weight excluding hydrogens is 310 g/mol. The van der Waals surface area contributed by atoms with Crippen molar-refractivity contribution < 1.29 is 4.74 Å². The summed E-state index contributed by atoms with van der Waals surface area (Å²) < 4.78 is 6.44. The molecule has 0 N–H and O–H groups in total. The maximum atomic E-state index is 5.52. The maximum absolute atomic E-state index is 5.52. The molecule has 1 aromatic heterocycles. The number of rotatable bonds is 4. The van der Waals surface area contributed by atoms with Crippen LogP contribution < -0.4 is 4.74 Å². The molecule has 4 heteroatoms. The van der Waals surface area contributed by atoms with Crippen LogP contribution >= 0.6 is 31.9 Å². The van der Waals surface area contributed by atoms with Crippen molar-refractivity contribution in [3.05, 3.63) is 22.3 Å². The highest BCUT2D eigenvalue weighted by molar-refractivity contribution is 9.10. The van der Waals surface area contributed by atoms with Crippen molar-refractivity contribution in [2.45, 2.75) is 19.2 Å². The molecular formula is C10H13Br2NO. The molecule has 0 unspecified atom stereocenters. The van der Waals surface area contributed by atoms with E-state index < -0.39 is 0 Å². The third kappa shape index (κ3) is 3.58. The zero-order chi connectivity index (χ0) is 10.6. The molecule has 0 saturated heterocycles. The van der Waals surface area contributed by atoms with Crippen LogP contribution in [0.3, 0.4) is 0 Å². The molecule has 0 atom stereocenters. The van der Waals surface area contributed by atoms with E-state index in [4.69, 9.17) is 4.74 Å². The molecule has 0 aromatic carbocycles. The summed E-state index contributed by atoms with van der Waals surface area (Å²) in [6.07, 6.45) is 1.81. The number of hydrogen-bond donors (Lipinski definition) is 0. The highest BCUT2D eigenvalue weighted by Gasteiger charge is 2.04. The van der Waals surface area contributed by atoms with Crippen molar-refractivity contribution in [1.82, 2.24) is 4.98 Å². The van der Waals surface area contributed by atoms with Gasteiger partial charge in [0.1, 0.15) is 0 Å². The first-order valence-corrected chi connectivity index (χ1v) is 6.38. The second kappa shape index (κ2) is 5.71. The number of ether oxygens (including phenoxy) is 1. The molecule has 0 bridgehead atoms. The molecule has 0 spiro atoms. The Morgan fingerprint density at radius 3 is 2.71 bits per heavy atom. The first-order chi connectivity index (χ1) is 6.63. The second-order valence-electron chi connectivity index (χ2n) is 3.47. The molecule has 0 amide bonds. The SMILES string of the molecule is CC(C)COc1ncc(CBr)cc1Br. The van der Waals surface area contributed by atoms with Gasteiger partial charge in [0.25, 0.3) is 0 Å².